The summed E-state index contributed by atoms with van der Waals surface area (Å²) in [6.07, 6.45) is 0.554. The van der Waals surface area contributed by atoms with E-state index in [-0.39, 0.29) is 18.4 Å². The van der Waals surface area contributed by atoms with Gasteiger partial charge in [0, 0.05) is 49.1 Å². The normalized spacial score (nSPS) is 20.2. The number of hydrogen-bond acceptors (Lipinski definition) is 6. The first-order valence-corrected chi connectivity index (χ1v) is 16.5. The molecule has 4 atom stereocenters. The lowest BCUT2D eigenvalue weighted by atomic mass is 9.77. The lowest BCUT2D eigenvalue weighted by Gasteiger charge is -2.42. The van der Waals surface area contributed by atoms with E-state index in [2.05, 4.69) is 18.0 Å². The third kappa shape index (κ3) is 5.70. The third-order valence-electron chi connectivity index (χ3n) is 9.91. The van der Waals surface area contributed by atoms with Crippen LogP contribution in [0.15, 0.2) is 94.5 Å². The van der Waals surface area contributed by atoms with Crippen molar-refractivity contribution in [3.63, 3.8) is 0 Å². The predicted octanol–water partition coefficient (Wildman–Crippen LogP) is 5.94. The molecule has 0 saturated carbocycles. The Hall–Kier alpha value is -5.09. The number of amides is 1. The molecule has 1 amide bonds. The van der Waals surface area contributed by atoms with E-state index < -0.39 is 35.6 Å². The number of fused-ring (bicyclic) bond motifs is 4. The molecule has 3 aromatic carbocycles. The summed E-state index contributed by atoms with van der Waals surface area (Å²) in [4.78, 5) is 46.4. The van der Waals surface area contributed by atoms with Crippen molar-refractivity contribution in [2.24, 2.45) is 20.0 Å². The number of ether oxygens (including phenoxy) is 3. The van der Waals surface area contributed by atoms with Crippen molar-refractivity contribution in [1.82, 2.24) is 19.0 Å². The molecular formula is C38H40N4O6. The Balaban J connectivity index is 1.30. The number of benzene rings is 3. The third-order valence-corrected chi connectivity index (χ3v) is 9.91. The Morgan fingerprint density at radius 1 is 0.896 bits per heavy atom. The smallest absolute Gasteiger partial charge is 0.410 e. The summed E-state index contributed by atoms with van der Waals surface area (Å²) in [6, 6.07) is 27.2. The monoisotopic (exact) mass is 648 g/mol. The van der Waals surface area contributed by atoms with Gasteiger partial charge in [-0.3, -0.25) is 18.8 Å². The number of hydrogen-bond donors (Lipinski definition) is 1. The molecule has 2 aliphatic rings. The Bertz CT molecular complexity index is 2050. The first-order valence-electron chi connectivity index (χ1n) is 16.5. The lowest BCUT2D eigenvalue weighted by molar-refractivity contribution is -0.146. The number of rotatable bonds is 8. The molecule has 7 rings (SSSR count). The molecule has 10 heteroatoms. The first-order chi connectivity index (χ1) is 23.4. The number of nitrogens with zero attached hydrogens (tertiary/aromatic N) is 3. The van der Waals surface area contributed by atoms with Gasteiger partial charge in [-0.1, -0.05) is 85.8 Å². The van der Waals surface area contributed by atoms with Crippen LogP contribution in [0.3, 0.4) is 0 Å². The number of aromatic amines is 1. The van der Waals surface area contributed by atoms with Crippen molar-refractivity contribution in [2.75, 3.05) is 6.54 Å². The molecule has 0 aliphatic carbocycles. The van der Waals surface area contributed by atoms with E-state index in [4.69, 9.17) is 14.2 Å². The number of para-hydroxylation sites is 1. The highest BCUT2D eigenvalue weighted by Gasteiger charge is 2.45. The van der Waals surface area contributed by atoms with Gasteiger partial charge in [-0.05, 0) is 42.0 Å². The van der Waals surface area contributed by atoms with Crippen LogP contribution in [0.25, 0.3) is 10.9 Å². The second-order valence-corrected chi connectivity index (χ2v) is 12.7. The molecule has 10 nitrogen and oxygen atoms in total. The fourth-order valence-corrected chi connectivity index (χ4v) is 7.42. The number of carbonyl (C=O) groups is 1. The summed E-state index contributed by atoms with van der Waals surface area (Å²) in [7, 11) is 3.10. The van der Waals surface area contributed by atoms with Gasteiger partial charge in [-0.15, -0.1) is 0 Å². The Kier molecular flexibility index (Phi) is 8.66. The summed E-state index contributed by atoms with van der Waals surface area (Å²) in [5, 5.41) is 1.12. The van der Waals surface area contributed by atoms with Gasteiger partial charge in [0.2, 0.25) is 12.2 Å². The van der Waals surface area contributed by atoms with E-state index in [0.29, 0.717) is 38.0 Å². The van der Waals surface area contributed by atoms with Crippen molar-refractivity contribution in [3.05, 3.63) is 134 Å². The van der Waals surface area contributed by atoms with Crippen LogP contribution >= 0.6 is 0 Å². The van der Waals surface area contributed by atoms with Crippen LogP contribution in [-0.2, 0) is 43.2 Å². The number of nitrogens with one attached hydrogen (secondary N) is 1. The van der Waals surface area contributed by atoms with Gasteiger partial charge in [0.15, 0.2) is 0 Å². The second-order valence-electron chi connectivity index (χ2n) is 12.7. The fraction of sp³-hybridized carbons (Fsp3) is 0.342. The van der Waals surface area contributed by atoms with Gasteiger partial charge in [0.1, 0.15) is 6.61 Å². The summed E-state index contributed by atoms with van der Waals surface area (Å²) >= 11 is 0. The molecule has 2 aliphatic heterocycles. The molecule has 0 bridgehead atoms. The Morgan fingerprint density at radius 3 is 2.27 bits per heavy atom. The zero-order valence-electron chi connectivity index (χ0n) is 27.4. The molecule has 0 saturated heterocycles. The van der Waals surface area contributed by atoms with Crippen LogP contribution in [0.5, 0.6) is 5.88 Å². The minimum absolute atomic E-state index is 0.151. The zero-order chi connectivity index (χ0) is 33.4. The van der Waals surface area contributed by atoms with Crippen molar-refractivity contribution < 1.29 is 19.0 Å². The van der Waals surface area contributed by atoms with Crippen LogP contribution in [0.1, 0.15) is 59.7 Å². The van der Waals surface area contributed by atoms with Gasteiger partial charge in [-0.2, -0.15) is 0 Å². The Labute approximate surface area is 278 Å². The summed E-state index contributed by atoms with van der Waals surface area (Å²) < 4.78 is 21.3. The standard InChI is InChI=1S/C38H40N4O6/c1-4-26-29(32-34(43)40(2)37(44)41(3)35(32)48-36(26)46-22-24-13-7-5-8-14-24)21-31-33-28(27-17-11-12-18-30(27)39-33)19-20-42(31)38(45)47-23-25-15-9-6-10-16-25/h5-18,26,29,31,36,39H,4,19-23H2,1-3H3/t26-,29+,31+,36-/m0/s1. The van der Waals surface area contributed by atoms with Gasteiger partial charge in [0.25, 0.3) is 5.56 Å². The average Bonchev–Trinajstić information content (AvgIpc) is 3.51. The van der Waals surface area contributed by atoms with Crippen LogP contribution in [0.2, 0.25) is 0 Å². The maximum atomic E-state index is 14.0. The van der Waals surface area contributed by atoms with Gasteiger partial charge >= 0.3 is 11.8 Å². The quantitative estimate of drug-likeness (QED) is 0.223. The predicted molar refractivity (Wildman–Crippen MR) is 182 cm³/mol. The molecular weight excluding hydrogens is 608 g/mol. The van der Waals surface area contributed by atoms with E-state index in [1.807, 2.05) is 78.9 Å². The Morgan fingerprint density at radius 2 is 1.56 bits per heavy atom. The van der Waals surface area contributed by atoms with Crippen molar-refractivity contribution in [3.8, 4) is 5.88 Å². The minimum Gasteiger partial charge on any atom is -0.449 e. The maximum absolute atomic E-state index is 14.0. The van der Waals surface area contributed by atoms with E-state index in [1.165, 1.54) is 11.6 Å². The molecule has 2 aromatic heterocycles. The van der Waals surface area contributed by atoms with Gasteiger partial charge < -0.3 is 19.2 Å². The highest BCUT2D eigenvalue weighted by Crippen LogP contribution is 2.47. The zero-order valence-corrected chi connectivity index (χ0v) is 27.4. The minimum atomic E-state index is -0.727. The maximum Gasteiger partial charge on any atom is 0.410 e. The molecule has 4 heterocycles. The largest absolute Gasteiger partial charge is 0.449 e. The van der Waals surface area contributed by atoms with Gasteiger partial charge in [-0.25, -0.2) is 9.59 Å². The molecule has 1 N–H and O–H groups in total. The molecule has 48 heavy (non-hydrogen) atoms. The average molecular weight is 649 g/mol. The topological polar surface area (TPSA) is 108 Å². The van der Waals surface area contributed by atoms with Gasteiger partial charge in [0.05, 0.1) is 18.2 Å². The molecule has 5 aromatic rings. The molecule has 0 radical (unpaired) electrons. The highest BCUT2D eigenvalue weighted by atomic mass is 16.7. The lowest BCUT2D eigenvalue weighted by Crippen LogP contribution is -2.49. The van der Waals surface area contributed by atoms with Crippen molar-refractivity contribution in [2.45, 2.75) is 57.6 Å². The highest BCUT2D eigenvalue weighted by molar-refractivity contribution is 5.85. The molecule has 0 unspecified atom stereocenters. The first kappa shape index (κ1) is 31.5. The van der Waals surface area contributed by atoms with E-state index >= 15 is 0 Å². The molecule has 0 fully saturated rings. The van der Waals surface area contributed by atoms with Crippen LogP contribution in [0.4, 0.5) is 4.79 Å². The van der Waals surface area contributed by atoms with Crippen LogP contribution in [-0.4, -0.2) is 37.9 Å². The molecule has 248 valence electrons. The summed E-state index contributed by atoms with van der Waals surface area (Å²) in [5.74, 6) is -0.443. The van der Waals surface area contributed by atoms with Crippen molar-refractivity contribution >= 4 is 17.0 Å². The number of aromatic nitrogens is 3. The SMILES string of the molecule is CC[C@@H]1[C@@H](OCc2ccccc2)Oc2c(c(=O)n(C)c(=O)n2C)[C@@H]1C[C@@H]1c2[nH]c3ccccc3c2CCN1C(=O)OCc1ccccc1. The molecule has 0 spiro atoms. The van der Waals surface area contributed by atoms with E-state index in [9.17, 15) is 14.4 Å². The fourth-order valence-electron chi connectivity index (χ4n) is 7.42. The van der Waals surface area contributed by atoms with Crippen LogP contribution in [0, 0.1) is 5.92 Å². The number of carbonyl (C=O) groups excluding carboxylic acids is 1. The summed E-state index contributed by atoms with van der Waals surface area (Å²) in [5.41, 5.74) is 4.52. The second kappa shape index (κ2) is 13.2. The van der Waals surface area contributed by atoms with E-state index in [0.717, 1.165) is 37.9 Å². The number of H-pyrrole nitrogens is 1. The van der Waals surface area contributed by atoms with Crippen molar-refractivity contribution in [1.29, 1.82) is 0 Å². The van der Waals surface area contributed by atoms with Crippen LogP contribution < -0.4 is 16.0 Å². The van der Waals surface area contributed by atoms with E-state index in [1.54, 1.807) is 11.9 Å². The summed E-state index contributed by atoms with van der Waals surface area (Å²) in [6.45, 7) is 2.96.